The van der Waals surface area contributed by atoms with Crippen molar-refractivity contribution in [3.05, 3.63) is 53.1 Å². The van der Waals surface area contributed by atoms with E-state index in [9.17, 15) is 0 Å². The molecule has 0 N–H and O–H groups in total. The molecule has 0 saturated carbocycles. The van der Waals surface area contributed by atoms with Gasteiger partial charge in [0.15, 0.2) is 0 Å². The zero-order valence-corrected chi connectivity index (χ0v) is 15.7. The van der Waals surface area contributed by atoms with Crippen molar-refractivity contribution in [2.75, 3.05) is 36.9 Å². The number of aliphatic imine (C=N–C) groups is 1. The molecule has 3 nitrogen and oxygen atoms in total. The monoisotopic (exact) mass is 384 g/mol. The third-order valence-electron chi connectivity index (χ3n) is 3.45. The largest absolute Gasteiger partial charge is 0.496 e. The summed E-state index contributed by atoms with van der Waals surface area (Å²) in [5.41, 5.74) is 2.70. The lowest BCUT2D eigenvalue weighted by atomic mass is 10.1. The van der Waals surface area contributed by atoms with E-state index in [2.05, 4.69) is 9.89 Å². The summed E-state index contributed by atoms with van der Waals surface area (Å²) < 4.78 is 5.49. The summed E-state index contributed by atoms with van der Waals surface area (Å²) >= 11 is 17.7. The summed E-state index contributed by atoms with van der Waals surface area (Å²) in [6, 6.07) is 13.3. The Morgan fingerprint density at radius 2 is 1.83 bits per heavy atom. The number of rotatable bonds is 8. The molecular weight excluding hydrogens is 367 g/mol. The second kappa shape index (κ2) is 9.77. The second-order valence-corrected chi connectivity index (χ2v) is 6.22. The van der Waals surface area contributed by atoms with Gasteiger partial charge < -0.3 is 9.64 Å². The highest BCUT2D eigenvalue weighted by molar-refractivity contribution is 6.30. The lowest BCUT2D eigenvalue weighted by molar-refractivity contribution is 0.414. The fourth-order valence-corrected chi connectivity index (χ4v) is 2.87. The standard InChI is InChI=1S/C18H19Cl3N2O/c1-24-18-12-17(23(9-7-19)10-8-20)6-5-14(18)13-22-16-4-2-3-15(21)11-16/h2-6,11-13H,7-10H2,1H3. The molecular formula is C18H19Cl3N2O. The highest BCUT2D eigenvalue weighted by Gasteiger charge is 2.09. The molecule has 0 aromatic heterocycles. The number of benzene rings is 2. The van der Waals surface area contributed by atoms with E-state index in [1.54, 1.807) is 13.3 Å². The van der Waals surface area contributed by atoms with Crippen LogP contribution in [0.25, 0.3) is 0 Å². The normalized spacial score (nSPS) is 11.0. The Labute approximate surface area is 157 Å². The van der Waals surface area contributed by atoms with E-state index in [1.807, 2.05) is 42.5 Å². The molecule has 0 bridgehead atoms. The van der Waals surface area contributed by atoms with Crippen LogP contribution < -0.4 is 9.64 Å². The number of nitrogens with zero attached hydrogens (tertiary/aromatic N) is 2. The number of methoxy groups -OCH3 is 1. The van der Waals surface area contributed by atoms with Gasteiger partial charge >= 0.3 is 0 Å². The molecule has 2 aromatic rings. The highest BCUT2D eigenvalue weighted by Crippen LogP contribution is 2.26. The van der Waals surface area contributed by atoms with Crippen LogP contribution in [0.5, 0.6) is 5.75 Å². The van der Waals surface area contributed by atoms with Gasteiger partial charge in [-0.1, -0.05) is 17.7 Å². The molecule has 24 heavy (non-hydrogen) atoms. The zero-order valence-electron chi connectivity index (χ0n) is 13.4. The summed E-state index contributed by atoms with van der Waals surface area (Å²) in [5, 5.41) is 0.657. The lowest BCUT2D eigenvalue weighted by Gasteiger charge is -2.23. The molecule has 128 valence electrons. The topological polar surface area (TPSA) is 24.8 Å². The molecule has 0 fully saturated rings. The highest BCUT2D eigenvalue weighted by atomic mass is 35.5. The number of hydrogen-bond donors (Lipinski definition) is 0. The maximum atomic E-state index is 5.97. The quantitative estimate of drug-likeness (QED) is 0.450. The van der Waals surface area contributed by atoms with Crippen LogP contribution in [0, 0.1) is 0 Å². The van der Waals surface area contributed by atoms with Crippen LogP contribution in [0.15, 0.2) is 47.5 Å². The smallest absolute Gasteiger partial charge is 0.129 e. The summed E-state index contributed by atoms with van der Waals surface area (Å²) in [5.74, 6) is 1.82. The minimum atomic E-state index is 0.539. The summed E-state index contributed by atoms with van der Waals surface area (Å²) in [6.45, 7) is 1.46. The number of hydrogen-bond acceptors (Lipinski definition) is 3. The molecule has 0 aliphatic carbocycles. The Bertz CT molecular complexity index is 686. The van der Waals surface area contributed by atoms with Crippen LogP contribution in [0.4, 0.5) is 11.4 Å². The molecule has 0 spiro atoms. The number of ether oxygens (including phenoxy) is 1. The average molecular weight is 386 g/mol. The van der Waals surface area contributed by atoms with Gasteiger partial charge in [0.25, 0.3) is 0 Å². The van der Waals surface area contributed by atoms with E-state index in [0.29, 0.717) is 16.8 Å². The molecule has 2 aromatic carbocycles. The van der Waals surface area contributed by atoms with Gasteiger partial charge in [-0.2, -0.15) is 0 Å². The first-order valence-corrected chi connectivity index (χ1v) is 8.97. The minimum Gasteiger partial charge on any atom is -0.496 e. The number of anilines is 1. The second-order valence-electron chi connectivity index (χ2n) is 5.03. The van der Waals surface area contributed by atoms with Gasteiger partial charge in [-0.15, -0.1) is 23.2 Å². The Morgan fingerprint density at radius 3 is 2.46 bits per heavy atom. The van der Waals surface area contributed by atoms with Gasteiger partial charge in [0, 0.05) is 53.4 Å². The van der Waals surface area contributed by atoms with Crippen LogP contribution in [0.2, 0.25) is 5.02 Å². The summed E-state index contributed by atoms with van der Waals surface area (Å²) in [6.07, 6.45) is 1.77. The zero-order chi connectivity index (χ0) is 17.4. The molecule has 0 aliphatic heterocycles. The van der Waals surface area contributed by atoms with Gasteiger partial charge in [0.2, 0.25) is 0 Å². The van der Waals surface area contributed by atoms with Gasteiger partial charge in [-0.3, -0.25) is 4.99 Å². The van der Waals surface area contributed by atoms with Crippen molar-refractivity contribution in [3.63, 3.8) is 0 Å². The van der Waals surface area contributed by atoms with E-state index < -0.39 is 0 Å². The Kier molecular flexibility index (Phi) is 7.70. The first kappa shape index (κ1) is 18.9. The Morgan fingerprint density at radius 1 is 1.08 bits per heavy atom. The Hall–Kier alpha value is -1.42. The maximum Gasteiger partial charge on any atom is 0.129 e. The fourth-order valence-electron chi connectivity index (χ4n) is 2.28. The van der Waals surface area contributed by atoms with Crippen LogP contribution in [0.3, 0.4) is 0 Å². The van der Waals surface area contributed by atoms with Crippen LogP contribution in [-0.2, 0) is 0 Å². The van der Waals surface area contributed by atoms with E-state index in [-0.39, 0.29) is 0 Å². The van der Waals surface area contributed by atoms with Crippen LogP contribution in [-0.4, -0.2) is 38.2 Å². The van der Waals surface area contributed by atoms with E-state index in [1.165, 1.54) is 0 Å². The molecule has 0 amide bonds. The third-order valence-corrected chi connectivity index (χ3v) is 4.03. The third kappa shape index (κ3) is 5.30. The van der Waals surface area contributed by atoms with E-state index in [4.69, 9.17) is 39.5 Å². The van der Waals surface area contributed by atoms with Gasteiger partial charge in [0.05, 0.1) is 12.8 Å². The molecule has 2 rings (SSSR count). The van der Waals surface area contributed by atoms with Gasteiger partial charge in [-0.25, -0.2) is 0 Å². The summed E-state index contributed by atoms with van der Waals surface area (Å²) in [4.78, 5) is 6.57. The van der Waals surface area contributed by atoms with Crippen molar-refractivity contribution in [3.8, 4) is 5.75 Å². The molecule has 6 heteroatoms. The molecule has 0 aliphatic rings. The van der Waals surface area contributed by atoms with Crippen LogP contribution >= 0.6 is 34.8 Å². The van der Waals surface area contributed by atoms with Crippen molar-refractivity contribution >= 4 is 52.4 Å². The molecule has 0 unspecified atom stereocenters. The van der Waals surface area contributed by atoms with Crippen molar-refractivity contribution in [2.24, 2.45) is 4.99 Å². The van der Waals surface area contributed by atoms with E-state index in [0.717, 1.165) is 35.8 Å². The molecule has 0 radical (unpaired) electrons. The predicted octanol–water partition coefficient (Wildman–Crippen LogP) is 5.38. The van der Waals surface area contributed by atoms with Crippen molar-refractivity contribution < 1.29 is 4.74 Å². The van der Waals surface area contributed by atoms with Gasteiger partial charge in [0.1, 0.15) is 5.75 Å². The van der Waals surface area contributed by atoms with Crippen LogP contribution in [0.1, 0.15) is 5.56 Å². The average Bonchev–Trinajstić information content (AvgIpc) is 2.59. The van der Waals surface area contributed by atoms with Crippen molar-refractivity contribution in [1.29, 1.82) is 0 Å². The minimum absolute atomic E-state index is 0.539. The maximum absolute atomic E-state index is 5.97. The predicted molar refractivity (Wildman–Crippen MR) is 105 cm³/mol. The van der Waals surface area contributed by atoms with Gasteiger partial charge in [-0.05, 0) is 30.3 Å². The first-order chi connectivity index (χ1) is 11.7. The van der Waals surface area contributed by atoms with Crippen molar-refractivity contribution in [2.45, 2.75) is 0 Å². The molecule has 0 saturated heterocycles. The lowest BCUT2D eigenvalue weighted by Crippen LogP contribution is -2.27. The fraction of sp³-hybridized carbons (Fsp3) is 0.278. The molecule has 0 heterocycles. The number of alkyl halides is 2. The Balaban J connectivity index is 2.25. The van der Waals surface area contributed by atoms with Crippen molar-refractivity contribution in [1.82, 2.24) is 0 Å². The number of halogens is 3. The first-order valence-electron chi connectivity index (χ1n) is 7.52. The summed E-state index contributed by atoms with van der Waals surface area (Å²) in [7, 11) is 1.64. The van der Waals surface area contributed by atoms with E-state index >= 15 is 0 Å². The molecule has 0 atom stereocenters. The SMILES string of the molecule is COc1cc(N(CCCl)CCCl)ccc1C=Nc1cccc(Cl)c1.